The number of carbonyl (C=O) groups is 2. The molecule has 9 nitrogen and oxygen atoms in total. The lowest BCUT2D eigenvalue weighted by molar-refractivity contribution is -0.254. The van der Waals surface area contributed by atoms with Gasteiger partial charge < -0.3 is 34.2 Å². The summed E-state index contributed by atoms with van der Waals surface area (Å²) in [5.74, 6) is -0.697. The van der Waals surface area contributed by atoms with Crippen molar-refractivity contribution in [2.45, 2.75) is 18.9 Å². The number of nitrogens with zero attached hydrogens (tertiary/aromatic N) is 2. The third kappa shape index (κ3) is 3.47. The standard InChI is InChI=1S/C21H23N3O6/c1-29-17-7-14(20(26)27)15(8-18(17)30-2)22-21(28)23-9-12-6-13(11-23)16-4-3-5-19(25)24(16)10-12/h3-5,7-8,12-13H,6,9-11H2,1-2H3,(H,22,28)(H,26,27)/p-1/t12-,13+/m1/s1. The number of amides is 2. The summed E-state index contributed by atoms with van der Waals surface area (Å²) in [5.41, 5.74) is 0.780. The van der Waals surface area contributed by atoms with Gasteiger partial charge in [-0.25, -0.2) is 4.79 Å². The number of likely N-dealkylation sites (tertiary alicyclic amines) is 1. The molecule has 1 N–H and O–H groups in total. The van der Waals surface area contributed by atoms with Crippen molar-refractivity contribution in [3.8, 4) is 11.5 Å². The number of aromatic carboxylic acids is 1. The number of carbonyl (C=O) groups excluding carboxylic acids is 2. The minimum Gasteiger partial charge on any atom is -0.545 e. The normalized spacial score (nSPS) is 19.6. The van der Waals surface area contributed by atoms with Gasteiger partial charge in [-0.1, -0.05) is 6.07 Å². The molecule has 1 aromatic heterocycles. The van der Waals surface area contributed by atoms with Crippen molar-refractivity contribution in [1.82, 2.24) is 9.47 Å². The average Bonchev–Trinajstić information content (AvgIpc) is 2.73. The van der Waals surface area contributed by atoms with Crippen molar-refractivity contribution in [2.24, 2.45) is 5.92 Å². The number of pyridine rings is 1. The van der Waals surface area contributed by atoms with E-state index in [9.17, 15) is 19.5 Å². The lowest BCUT2D eigenvalue weighted by Gasteiger charge is -2.42. The Labute approximate surface area is 172 Å². The van der Waals surface area contributed by atoms with Gasteiger partial charge in [0.05, 0.1) is 25.9 Å². The molecule has 0 unspecified atom stereocenters. The van der Waals surface area contributed by atoms with Crippen molar-refractivity contribution >= 4 is 17.7 Å². The quantitative estimate of drug-likeness (QED) is 0.798. The van der Waals surface area contributed by atoms with Crippen LogP contribution < -0.4 is 25.5 Å². The summed E-state index contributed by atoms with van der Waals surface area (Å²) in [7, 11) is 2.82. The number of benzene rings is 1. The molecule has 3 heterocycles. The van der Waals surface area contributed by atoms with Crippen LogP contribution in [-0.4, -0.2) is 48.8 Å². The van der Waals surface area contributed by atoms with Gasteiger partial charge in [-0.3, -0.25) is 4.79 Å². The lowest BCUT2D eigenvalue weighted by Crippen LogP contribution is -2.50. The van der Waals surface area contributed by atoms with Gasteiger partial charge >= 0.3 is 6.03 Å². The maximum absolute atomic E-state index is 13.0. The van der Waals surface area contributed by atoms with E-state index in [4.69, 9.17) is 9.47 Å². The van der Waals surface area contributed by atoms with Crippen LogP contribution in [0.2, 0.25) is 0 Å². The topological polar surface area (TPSA) is 113 Å². The number of hydrogen-bond acceptors (Lipinski definition) is 6. The first-order valence-corrected chi connectivity index (χ1v) is 9.64. The van der Waals surface area contributed by atoms with Crippen molar-refractivity contribution in [3.63, 3.8) is 0 Å². The van der Waals surface area contributed by atoms with Crippen molar-refractivity contribution in [1.29, 1.82) is 0 Å². The summed E-state index contributed by atoms with van der Waals surface area (Å²) < 4.78 is 12.1. The maximum Gasteiger partial charge on any atom is 0.321 e. The third-order valence-corrected chi connectivity index (χ3v) is 5.75. The minimum absolute atomic E-state index is 0.0240. The maximum atomic E-state index is 13.0. The first-order valence-electron chi connectivity index (χ1n) is 9.64. The second-order valence-corrected chi connectivity index (χ2v) is 7.57. The molecule has 2 bridgehead atoms. The van der Waals surface area contributed by atoms with Gasteiger partial charge in [0.15, 0.2) is 11.5 Å². The molecule has 0 saturated carbocycles. The van der Waals surface area contributed by atoms with E-state index in [-0.39, 0.29) is 34.4 Å². The summed E-state index contributed by atoms with van der Waals surface area (Å²) in [5, 5.41) is 14.2. The molecular weight excluding hydrogens is 390 g/mol. The smallest absolute Gasteiger partial charge is 0.321 e. The predicted molar refractivity (Wildman–Crippen MR) is 106 cm³/mol. The number of methoxy groups -OCH3 is 2. The third-order valence-electron chi connectivity index (χ3n) is 5.75. The number of carboxylic acids is 1. The Bertz CT molecular complexity index is 1060. The highest BCUT2D eigenvalue weighted by atomic mass is 16.5. The van der Waals surface area contributed by atoms with Gasteiger partial charge in [-0.2, -0.15) is 0 Å². The first kappa shape index (κ1) is 19.8. The Morgan fingerprint density at radius 1 is 1.10 bits per heavy atom. The molecule has 4 rings (SSSR count). The molecule has 2 amide bonds. The van der Waals surface area contributed by atoms with Gasteiger partial charge in [-0.15, -0.1) is 0 Å². The fourth-order valence-corrected chi connectivity index (χ4v) is 4.41. The second kappa shape index (κ2) is 7.74. The highest BCUT2D eigenvalue weighted by Gasteiger charge is 2.36. The fraction of sp³-hybridized carbons (Fsp3) is 0.381. The molecular formula is C21H22N3O6-. The zero-order chi connectivity index (χ0) is 21.4. The van der Waals surface area contributed by atoms with Gasteiger partial charge in [0.1, 0.15) is 0 Å². The highest BCUT2D eigenvalue weighted by molar-refractivity contribution is 6.00. The molecule has 1 aromatic carbocycles. The zero-order valence-electron chi connectivity index (χ0n) is 16.7. The largest absolute Gasteiger partial charge is 0.545 e. The molecule has 9 heteroatoms. The summed E-state index contributed by atoms with van der Waals surface area (Å²) in [6.45, 7) is 1.49. The molecule has 2 aromatic rings. The Kier molecular flexibility index (Phi) is 5.11. The zero-order valence-corrected chi connectivity index (χ0v) is 16.7. The molecule has 0 radical (unpaired) electrons. The van der Waals surface area contributed by atoms with E-state index in [0.717, 1.165) is 12.1 Å². The summed E-state index contributed by atoms with van der Waals surface area (Å²) >= 11 is 0. The Morgan fingerprint density at radius 3 is 2.53 bits per heavy atom. The highest BCUT2D eigenvalue weighted by Crippen LogP contribution is 2.36. The molecule has 0 aliphatic carbocycles. The van der Waals surface area contributed by atoms with E-state index in [2.05, 4.69) is 5.32 Å². The summed E-state index contributed by atoms with van der Waals surface area (Å²) in [4.78, 5) is 38.4. The number of nitrogens with one attached hydrogen (secondary N) is 1. The summed E-state index contributed by atoms with van der Waals surface area (Å²) in [6, 6.07) is 7.47. The number of aromatic nitrogens is 1. The number of urea groups is 1. The minimum atomic E-state index is -1.44. The number of fused-ring (bicyclic) bond motifs is 4. The van der Waals surface area contributed by atoms with E-state index >= 15 is 0 Å². The molecule has 0 spiro atoms. The van der Waals surface area contributed by atoms with Crippen LogP contribution in [0.1, 0.15) is 28.4 Å². The predicted octanol–water partition coefficient (Wildman–Crippen LogP) is 0.880. The average molecular weight is 412 g/mol. The van der Waals surface area contributed by atoms with Crippen LogP contribution >= 0.6 is 0 Å². The van der Waals surface area contributed by atoms with Crippen molar-refractivity contribution < 1.29 is 24.2 Å². The van der Waals surface area contributed by atoms with Crippen LogP contribution in [0.15, 0.2) is 35.1 Å². The number of piperidine rings is 1. The molecule has 2 atom stereocenters. The molecule has 30 heavy (non-hydrogen) atoms. The van der Waals surface area contributed by atoms with E-state index in [1.54, 1.807) is 21.6 Å². The molecule has 1 saturated heterocycles. The number of rotatable bonds is 4. The van der Waals surface area contributed by atoms with Gasteiger partial charge in [-0.05, 0) is 24.5 Å². The van der Waals surface area contributed by atoms with Crippen LogP contribution in [-0.2, 0) is 6.54 Å². The lowest BCUT2D eigenvalue weighted by atomic mass is 9.83. The van der Waals surface area contributed by atoms with Crippen LogP contribution in [0.5, 0.6) is 11.5 Å². The van der Waals surface area contributed by atoms with Crippen LogP contribution in [0.25, 0.3) is 0 Å². The van der Waals surface area contributed by atoms with E-state index in [1.165, 1.54) is 26.4 Å². The monoisotopic (exact) mass is 412 g/mol. The number of hydrogen-bond donors (Lipinski definition) is 1. The van der Waals surface area contributed by atoms with Gasteiger partial charge in [0, 0.05) is 48.9 Å². The molecule has 158 valence electrons. The molecule has 2 aliphatic rings. The molecule has 1 fully saturated rings. The van der Waals surface area contributed by atoms with Crippen LogP contribution in [0.3, 0.4) is 0 Å². The van der Waals surface area contributed by atoms with Gasteiger partial charge in [0.2, 0.25) is 0 Å². The number of carboxylic acid groups (broad SMARTS) is 1. The molecule has 2 aliphatic heterocycles. The van der Waals surface area contributed by atoms with E-state index in [1.807, 2.05) is 6.07 Å². The van der Waals surface area contributed by atoms with E-state index < -0.39 is 12.0 Å². The SMILES string of the molecule is COc1cc(NC(=O)N2C[C@H]3C[C@@H](C2)c2cccc(=O)n2C3)c(C(=O)[O-])cc1OC. The van der Waals surface area contributed by atoms with E-state index in [0.29, 0.717) is 25.4 Å². The van der Waals surface area contributed by atoms with Crippen LogP contribution in [0.4, 0.5) is 10.5 Å². The van der Waals surface area contributed by atoms with Crippen LogP contribution in [0, 0.1) is 5.92 Å². The summed E-state index contributed by atoms with van der Waals surface area (Å²) in [6.07, 6.45) is 0.911. The van der Waals surface area contributed by atoms with Crippen molar-refractivity contribution in [3.05, 3.63) is 51.9 Å². The Balaban J connectivity index is 1.58. The van der Waals surface area contributed by atoms with Gasteiger partial charge in [0.25, 0.3) is 5.56 Å². The first-order chi connectivity index (χ1) is 14.4. The number of anilines is 1. The Hall–Kier alpha value is -3.49. The fourth-order valence-electron chi connectivity index (χ4n) is 4.41. The number of ether oxygens (including phenoxy) is 2. The van der Waals surface area contributed by atoms with Crippen molar-refractivity contribution in [2.75, 3.05) is 32.6 Å². The Morgan fingerprint density at radius 2 is 1.83 bits per heavy atom. The second-order valence-electron chi connectivity index (χ2n) is 7.57.